The number of aromatic nitrogens is 2. The molecule has 0 saturated heterocycles. The minimum atomic E-state index is -0.274. The lowest BCUT2D eigenvalue weighted by atomic mass is 10.1. The van der Waals surface area contributed by atoms with Crippen molar-refractivity contribution in [1.82, 2.24) is 9.36 Å². The molecule has 6 heteroatoms. The molecule has 1 heterocycles. The van der Waals surface area contributed by atoms with Crippen LogP contribution in [0.1, 0.15) is 21.6 Å². The van der Waals surface area contributed by atoms with Crippen molar-refractivity contribution in [1.29, 1.82) is 0 Å². The smallest absolute Gasteiger partial charge is 0.295 e. The first-order valence-corrected chi connectivity index (χ1v) is 9.46. The van der Waals surface area contributed by atoms with Gasteiger partial charge in [-0.3, -0.25) is 14.3 Å². The van der Waals surface area contributed by atoms with Crippen molar-refractivity contribution in [2.75, 3.05) is 11.6 Å². The van der Waals surface area contributed by atoms with Crippen molar-refractivity contribution in [2.45, 2.75) is 18.7 Å². The molecule has 3 aromatic rings. The van der Waals surface area contributed by atoms with Crippen LogP contribution in [0.4, 0.5) is 5.69 Å². The molecule has 1 N–H and O–H groups in total. The van der Waals surface area contributed by atoms with E-state index in [2.05, 4.69) is 5.32 Å². The lowest BCUT2D eigenvalue weighted by molar-refractivity contribution is 0.102. The number of aryl methyl sites for hydroxylation is 1. The van der Waals surface area contributed by atoms with Crippen molar-refractivity contribution >= 4 is 23.4 Å². The summed E-state index contributed by atoms with van der Waals surface area (Å²) in [7, 11) is 1.80. The molecule has 3 rings (SSSR count). The molecule has 26 heavy (non-hydrogen) atoms. The van der Waals surface area contributed by atoms with Gasteiger partial charge in [-0.1, -0.05) is 24.3 Å². The van der Waals surface area contributed by atoms with E-state index in [-0.39, 0.29) is 11.5 Å². The minimum absolute atomic E-state index is 0.247. The number of para-hydroxylation sites is 1. The van der Waals surface area contributed by atoms with E-state index >= 15 is 0 Å². The normalized spacial score (nSPS) is 10.8. The number of carbonyl (C=O) groups excluding carboxylic acids is 1. The Balaban J connectivity index is 2.02. The largest absolute Gasteiger partial charge is 0.316 e. The average molecular weight is 367 g/mol. The molecule has 134 valence electrons. The zero-order chi connectivity index (χ0) is 18.8. The van der Waals surface area contributed by atoms with Gasteiger partial charge in [-0.05, 0) is 49.9 Å². The molecule has 1 aromatic heterocycles. The Morgan fingerprint density at radius 1 is 1.08 bits per heavy atom. The third-order valence-corrected chi connectivity index (χ3v) is 5.21. The summed E-state index contributed by atoms with van der Waals surface area (Å²) in [6.07, 6.45) is 1.96. The molecule has 5 nitrogen and oxygen atoms in total. The highest BCUT2D eigenvalue weighted by molar-refractivity contribution is 7.98. The lowest BCUT2D eigenvalue weighted by Crippen LogP contribution is -2.23. The predicted molar refractivity (Wildman–Crippen MR) is 107 cm³/mol. The molecule has 2 aromatic carbocycles. The molecule has 0 fully saturated rings. The number of hydrogen-bond acceptors (Lipinski definition) is 3. The van der Waals surface area contributed by atoms with Crippen LogP contribution in [0.3, 0.4) is 0 Å². The molecule has 0 radical (unpaired) electrons. The zero-order valence-electron chi connectivity index (χ0n) is 15.2. The van der Waals surface area contributed by atoms with Crippen molar-refractivity contribution in [3.05, 3.63) is 75.7 Å². The number of carbonyl (C=O) groups is 1. The summed E-state index contributed by atoms with van der Waals surface area (Å²) >= 11 is 1.58. The Hall–Kier alpha value is -2.73. The molecular weight excluding hydrogens is 346 g/mol. The van der Waals surface area contributed by atoms with E-state index in [9.17, 15) is 9.59 Å². The highest BCUT2D eigenvalue weighted by Gasteiger charge is 2.19. The monoisotopic (exact) mass is 367 g/mol. The average Bonchev–Trinajstić information content (AvgIpc) is 2.86. The van der Waals surface area contributed by atoms with Gasteiger partial charge >= 0.3 is 0 Å². The summed E-state index contributed by atoms with van der Waals surface area (Å²) in [5.74, 6) is -0.274. The number of thioether (sulfide) groups is 1. The van der Waals surface area contributed by atoms with E-state index < -0.39 is 0 Å². The fraction of sp³-hybridized carbons (Fsp3) is 0.200. The summed E-state index contributed by atoms with van der Waals surface area (Å²) in [6, 6.07) is 15.1. The maximum absolute atomic E-state index is 12.9. The van der Waals surface area contributed by atoms with E-state index in [1.807, 2.05) is 68.6 Å². The van der Waals surface area contributed by atoms with Crippen molar-refractivity contribution in [2.24, 2.45) is 7.05 Å². The van der Waals surface area contributed by atoms with Crippen molar-refractivity contribution in [3.63, 3.8) is 0 Å². The first kappa shape index (κ1) is 18.1. The fourth-order valence-corrected chi connectivity index (χ4v) is 3.31. The van der Waals surface area contributed by atoms with Gasteiger partial charge in [0.05, 0.1) is 11.4 Å². The van der Waals surface area contributed by atoms with Gasteiger partial charge in [0.15, 0.2) is 0 Å². The molecule has 0 saturated carbocycles. The summed E-state index contributed by atoms with van der Waals surface area (Å²) < 4.78 is 3.30. The Bertz CT molecular complexity index is 1020. The third kappa shape index (κ3) is 3.20. The Morgan fingerprint density at radius 2 is 1.77 bits per heavy atom. The SMILES string of the molecule is CSc1ccc(C)c(C(=O)Nc2c(C)n(C)n(-c3ccccc3)c2=O)c1. The predicted octanol–water partition coefficient (Wildman–Crippen LogP) is 3.77. The van der Waals surface area contributed by atoms with Gasteiger partial charge in [-0.2, -0.15) is 0 Å². The Labute approximate surface area is 156 Å². The van der Waals surface area contributed by atoms with Gasteiger partial charge in [0, 0.05) is 17.5 Å². The highest BCUT2D eigenvalue weighted by Crippen LogP contribution is 2.21. The molecular formula is C20H21N3O2S. The van der Waals surface area contributed by atoms with Crippen LogP contribution in [-0.4, -0.2) is 21.5 Å². The van der Waals surface area contributed by atoms with Crippen LogP contribution in [0.25, 0.3) is 5.69 Å². The van der Waals surface area contributed by atoms with Crippen molar-refractivity contribution < 1.29 is 4.79 Å². The quantitative estimate of drug-likeness (QED) is 0.714. The molecule has 0 aliphatic carbocycles. The third-order valence-electron chi connectivity index (χ3n) is 4.48. The molecule has 0 spiro atoms. The molecule has 0 aliphatic rings. The van der Waals surface area contributed by atoms with E-state index in [1.54, 1.807) is 28.2 Å². The van der Waals surface area contributed by atoms with Crippen LogP contribution < -0.4 is 10.9 Å². The van der Waals surface area contributed by atoms with Crippen LogP contribution >= 0.6 is 11.8 Å². The van der Waals surface area contributed by atoms with E-state index in [0.717, 1.165) is 16.1 Å². The fourth-order valence-electron chi connectivity index (χ4n) is 2.87. The Morgan fingerprint density at radius 3 is 2.42 bits per heavy atom. The highest BCUT2D eigenvalue weighted by atomic mass is 32.2. The topological polar surface area (TPSA) is 56.0 Å². The second-order valence-corrected chi connectivity index (χ2v) is 6.95. The second-order valence-electron chi connectivity index (χ2n) is 6.07. The first-order valence-electron chi connectivity index (χ1n) is 8.24. The molecule has 0 aliphatic heterocycles. The number of nitrogens with one attached hydrogen (secondary N) is 1. The van der Waals surface area contributed by atoms with Gasteiger partial charge in [0.25, 0.3) is 11.5 Å². The summed E-state index contributed by atoms with van der Waals surface area (Å²) in [4.78, 5) is 26.7. The number of anilines is 1. The molecule has 0 atom stereocenters. The van der Waals surface area contributed by atoms with Gasteiger partial charge in [0.2, 0.25) is 0 Å². The number of amides is 1. The standard InChI is InChI=1S/C20H21N3O2S/c1-13-10-11-16(26-4)12-17(13)19(24)21-18-14(2)22(3)23(20(18)25)15-8-6-5-7-9-15/h5-12H,1-4H3,(H,21,24). The molecule has 0 bridgehead atoms. The molecule has 0 unspecified atom stereocenters. The van der Waals surface area contributed by atoms with E-state index in [4.69, 9.17) is 0 Å². The first-order chi connectivity index (χ1) is 12.4. The van der Waals surface area contributed by atoms with E-state index in [0.29, 0.717) is 16.9 Å². The van der Waals surface area contributed by atoms with Gasteiger partial charge in [0.1, 0.15) is 5.69 Å². The van der Waals surface area contributed by atoms with Crippen molar-refractivity contribution in [3.8, 4) is 5.69 Å². The summed E-state index contributed by atoms with van der Waals surface area (Å²) in [5.41, 5.74) is 2.96. The van der Waals surface area contributed by atoms with Gasteiger partial charge in [-0.25, -0.2) is 4.68 Å². The zero-order valence-corrected chi connectivity index (χ0v) is 16.1. The molecule has 1 amide bonds. The Kier molecular flexibility index (Phi) is 5.04. The minimum Gasteiger partial charge on any atom is -0.316 e. The maximum atomic E-state index is 12.9. The van der Waals surface area contributed by atoms with E-state index in [1.165, 1.54) is 0 Å². The van der Waals surface area contributed by atoms with Crippen LogP contribution in [0.2, 0.25) is 0 Å². The van der Waals surface area contributed by atoms with Crippen LogP contribution in [0.5, 0.6) is 0 Å². The van der Waals surface area contributed by atoms with Gasteiger partial charge in [-0.15, -0.1) is 11.8 Å². The summed E-state index contributed by atoms with van der Waals surface area (Å²) in [5, 5.41) is 2.82. The summed E-state index contributed by atoms with van der Waals surface area (Å²) in [6.45, 7) is 3.71. The van der Waals surface area contributed by atoms with Crippen LogP contribution in [0.15, 0.2) is 58.2 Å². The number of rotatable bonds is 4. The number of benzene rings is 2. The second kappa shape index (κ2) is 7.25. The van der Waals surface area contributed by atoms with Crippen LogP contribution in [0, 0.1) is 13.8 Å². The van der Waals surface area contributed by atoms with Gasteiger partial charge < -0.3 is 5.32 Å². The number of hydrogen-bond donors (Lipinski definition) is 1. The maximum Gasteiger partial charge on any atom is 0.295 e. The lowest BCUT2D eigenvalue weighted by Gasteiger charge is -2.08. The van der Waals surface area contributed by atoms with Crippen LogP contribution in [-0.2, 0) is 7.05 Å². The number of nitrogens with zero attached hydrogens (tertiary/aromatic N) is 2.